The summed E-state index contributed by atoms with van der Waals surface area (Å²) in [5.41, 5.74) is 1.03. The van der Waals surface area contributed by atoms with E-state index in [1.807, 2.05) is 59.3 Å². The van der Waals surface area contributed by atoms with Crippen LogP contribution in [0.1, 0.15) is 0 Å². The van der Waals surface area contributed by atoms with E-state index in [9.17, 15) is 4.79 Å². The fraction of sp³-hybridized carbons (Fsp3) is 0.0952. The van der Waals surface area contributed by atoms with Crippen molar-refractivity contribution in [3.8, 4) is 17.3 Å². The molecule has 0 spiro atoms. The van der Waals surface area contributed by atoms with Crippen molar-refractivity contribution in [2.45, 2.75) is 6.10 Å². The Morgan fingerprint density at radius 3 is 2.79 bits per heavy atom. The summed E-state index contributed by atoms with van der Waals surface area (Å²) in [4.78, 5) is 21.1. The van der Waals surface area contributed by atoms with Crippen molar-refractivity contribution in [2.24, 2.45) is 0 Å². The average molecular weight is 372 g/mol. The Morgan fingerprint density at radius 1 is 1.04 bits per heavy atom. The Morgan fingerprint density at radius 2 is 1.86 bits per heavy atom. The number of hydrogen-bond donors (Lipinski definition) is 1. The summed E-state index contributed by atoms with van der Waals surface area (Å²) in [5.74, 6) is 1.93. The zero-order valence-corrected chi connectivity index (χ0v) is 14.8. The van der Waals surface area contributed by atoms with Crippen LogP contribution >= 0.6 is 0 Å². The lowest BCUT2D eigenvalue weighted by atomic mass is 10.2. The number of aromatic nitrogens is 3. The van der Waals surface area contributed by atoms with Crippen LogP contribution in [0.3, 0.4) is 0 Å². The summed E-state index contributed by atoms with van der Waals surface area (Å²) in [7, 11) is 0. The summed E-state index contributed by atoms with van der Waals surface area (Å²) in [6, 6.07) is 19.0. The number of benzene rings is 2. The lowest BCUT2D eigenvalue weighted by Gasteiger charge is -2.25. The van der Waals surface area contributed by atoms with Crippen molar-refractivity contribution >= 4 is 22.6 Å². The van der Waals surface area contributed by atoms with Crippen LogP contribution in [0.25, 0.3) is 16.7 Å². The molecular weight excluding hydrogens is 356 g/mol. The van der Waals surface area contributed by atoms with Gasteiger partial charge in [-0.3, -0.25) is 4.79 Å². The molecule has 1 aliphatic rings. The fourth-order valence-corrected chi connectivity index (χ4v) is 3.19. The van der Waals surface area contributed by atoms with E-state index >= 15 is 0 Å². The highest BCUT2D eigenvalue weighted by Crippen LogP contribution is 2.31. The monoisotopic (exact) mass is 372 g/mol. The molecule has 2 aromatic heterocycles. The van der Waals surface area contributed by atoms with Gasteiger partial charge in [-0.15, -0.1) is 0 Å². The van der Waals surface area contributed by atoms with Crippen LogP contribution in [0.5, 0.6) is 11.5 Å². The Hall–Kier alpha value is -3.87. The van der Waals surface area contributed by atoms with Gasteiger partial charge in [0.15, 0.2) is 11.5 Å². The number of nitrogens with one attached hydrogen (secondary N) is 1. The number of ether oxygens (including phenoxy) is 2. The van der Waals surface area contributed by atoms with Crippen molar-refractivity contribution in [1.82, 2.24) is 14.5 Å². The molecule has 5 rings (SSSR count). The molecule has 1 N–H and O–H groups in total. The van der Waals surface area contributed by atoms with Gasteiger partial charge in [-0.1, -0.05) is 30.3 Å². The van der Waals surface area contributed by atoms with Gasteiger partial charge in [-0.05, 0) is 29.7 Å². The second-order valence-electron chi connectivity index (χ2n) is 6.36. The minimum Gasteiger partial charge on any atom is -0.485 e. The molecule has 3 heterocycles. The minimum atomic E-state index is -0.749. The Kier molecular flexibility index (Phi) is 3.90. The number of nitrogens with zero attached hydrogens (tertiary/aromatic N) is 3. The lowest BCUT2D eigenvalue weighted by Crippen LogP contribution is -2.40. The fourth-order valence-electron chi connectivity index (χ4n) is 3.19. The summed E-state index contributed by atoms with van der Waals surface area (Å²) in [6.45, 7) is 0.142. The molecule has 1 amide bonds. The van der Waals surface area contributed by atoms with E-state index in [-0.39, 0.29) is 12.5 Å². The molecule has 0 fully saturated rings. The van der Waals surface area contributed by atoms with E-state index in [2.05, 4.69) is 15.3 Å². The Bertz CT molecular complexity index is 1170. The number of para-hydroxylation sites is 3. The topological polar surface area (TPSA) is 78.3 Å². The molecule has 1 atom stereocenters. The van der Waals surface area contributed by atoms with E-state index in [4.69, 9.17) is 9.47 Å². The van der Waals surface area contributed by atoms with Crippen LogP contribution in [0.15, 0.2) is 73.2 Å². The van der Waals surface area contributed by atoms with Gasteiger partial charge in [0.05, 0.1) is 5.52 Å². The van der Waals surface area contributed by atoms with Gasteiger partial charge in [-0.25, -0.2) is 9.97 Å². The summed E-state index contributed by atoms with van der Waals surface area (Å²) >= 11 is 0. The summed E-state index contributed by atoms with van der Waals surface area (Å²) < 4.78 is 13.3. The van der Waals surface area contributed by atoms with Crippen LogP contribution in [0, 0.1) is 0 Å². The maximum Gasteiger partial charge on any atom is 0.270 e. The first-order chi connectivity index (χ1) is 13.8. The van der Waals surface area contributed by atoms with Crippen molar-refractivity contribution < 1.29 is 14.3 Å². The van der Waals surface area contributed by atoms with Crippen molar-refractivity contribution in [1.29, 1.82) is 0 Å². The third-order valence-corrected chi connectivity index (χ3v) is 4.55. The highest BCUT2D eigenvalue weighted by molar-refractivity contribution is 5.94. The highest BCUT2D eigenvalue weighted by atomic mass is 16.6. The molecular formula is C21H16N4O3. The molecule has 1 aliphatic heterocycles. The number of carbonyl (C=O) groups excluding carboxylic acids is 1. The first kappa shape index (κ1) is 16.3. The van der Waals surface area contributed by atoms with Gasteiger partial charge in [-0.2, -0.15) is 0 Å². The van der Waals surface area contributed by atoms with Crippen LogP contribution in [0.2, 0.25) is 0 Å². The number of hydrogen-bond acceptors (Lipinski definition) is 5. The molecule has 138 valence electrons. The van der Waals surface area contributed by atoms with Crippen molar-refractivity contribution in [3.05, 3.63) is 73.2 Å². The normalized spacial score (nSPS) is 15.4. The second kappa shape index (κ2) is 6.70. The number of anilines is 1. The van der Waals surface area contributed by atoms with Crippen LogP contribution in [-0.4, -0.2) is 33.2 Å². The molecule has 0 saturated heterocycles. The maximum atomic E-state index is 12.6. The average Bonchev–Trinajstić information content (AvgIpc) is 3.18. The zero-order valence-electron chi connectivity index (χ0n) is 14.8. The predicted molar refractivity (Wildman–Crippen MR) is 104 cm³/mol. The standard InChI is InChI=1S/C21H16N4O3/c26-21(18-12-27-16-7-3-4-8-17(16)28-18)24-19-11-20(23-13-22-19)25-10-9-14-5-1-2-6-15(14)25/h1-11,13,18H,12H2,(H,22,23,24,26)/t18-/m0/s1. The second-order valence-corrected chi connectivity index (χ2v) is 6.36. The number of fused-ring (bicyclic) bond motifs is 2. The maximum absolute atomic E-state index is 12.6. The van der Waals surface area contributed by atoms with Gasteiger partial charge in [0.1, 0.15) is 24.6 Å². The molecule has 0 bridgehead atoms. The molecule has 7 heteroatoms. The molecule has 4 aromatic rings. The smallest absolute Gasteiger partial charge is 0.270 e. The molecule has 28 heavy (non-hydrogen) atoms. The molecule has 7 nitrogen and oxygen atoms in total. The third kappa shape index (κ3) is 2.92. The number of rotatable bonds is 3. The van der Waals surface area contributed by atoms with Gasteiger partial charge in [0.2, 0.25) is 6.10 Å². The van der Waals surface area contributed by atoms with E-state index in [0.29, 0.717) is 23.1 Å². The van der Waals surface area contributed by atoms with Gasteiger partial charge < -0.3 is 19.4 Å². The van der Waals surface area contributed by atoms with Gasteiger partial charge >= 0.3 is 0 Å². The Labute approximate surface area is 160 Å². The summed E-state index contributed by atoms with van der Waals surface area (Å²) in [5, 5.41) is 3.89. The number of amides is 1. The first-order valence-corrected chi connectivity index (χ1v) is 8.86. The lowest BCUT2D eigenvalue weighted by molar-refractivity contribution is -0.125. The number of carbonyl (C=O) groups is 1. The van der Waals surface area contributed by atoms with E-state index in [1.165, 1.54) is 6.33 Å². The largest absolute Gasteiger partial charge is 0.485 e. The van der Waals surface area contributed by atoms with Gasteiger partial charge in [0, 0.05) is 12.3 Å². The quantitative estimate of drug-likeness (QED) is 0.598. The van der Waals surface area contributed by atoms with Crippen molar-refractivity contribution in [2.75, 3.05) is 11.9 Å². The molecule has 0 radical (unpaired) electrons. The first-order valence-electron chi connectivity index (χ1n) is 8.86. The van der Waals surface area contributed by atoms with Crippen molar-refractivity contribution in [3.63, 3.8) is 0 Å². The van der Waals surface area contributed by atoms with E-state index in [0.717, 1.165) is 10.9 Å². The molecule has 2 aromatic carbocycles. The predicted octanol–water partition coefficient (Wildman–Crippen LogP) is 3.20. The van der Waals surface area contributed by atoms with Crippen LogP contribution in [-0.2, 0) is 4.79 Å². The third-order valence-electron chi connectivity index (χ3n) is 4.55. The molecule has 0 saturated carbocycles. The summed E-state index contributed by atoms with van der Waals surface area (Å²) in [6.07, 6.45) is 2.61. The molecule has 0 aliphatic carbocycles. The van der Waals surface area contributed by atoms with Crippen LogP contribution < -0.4 is 14.8 Å². The minimum absolute atomic E-state index is 0.142. The highest BCUT2D eigenvalue weighted by Gasteiger charge is 2.27. The Balaban J connectivity index is 1.37. The van der Waals surface area contributed by atoms with Crippen LogP contribution in [0.4, 0.5) is 5.82 Å². The zero-order chi connectivity index (χ0) is 18.9. The van der Waals surface area contributed by atoms with E-state index < -0.39 is 6.10 Å². The molecule has 0 unspecified atom stereocenters. The SMILES string of the molecule is O=C(Nc1cc(-n2ccc3ccccc32)ncn1)[C@@H]1COc2ccccc2O1. The van der Waals surface area contributed by atoms with E-state index in [1.54, 1.807) is 12.1 Å². The van der Waals surface area contributed by atoms with Gasteiger partial charge in [0.25, 0.3) is 5.91 Å².